The van der Waals surface area contributed by atoms with Crippen LogP contribution in [-0.4, -0.2) is 47.2 Å². The van der Waals surface area contributed by atoms with Crippen molar-refractivity contribution < 1.29 is 19.4 Å². The number of amides is 3. The van der Waals surface area contributed by atoms with Crippen LogP contribution in [0.3, 0.4) is 0 Å². The quantitative estimate of drug-likeness (QED) is 0.608. The van der Waals surface area contributed by atoms with Crippen LogP contribution in [0, 0.1) is 12.3 Å². The van der Waals surface area contributed by atoms with Gasteiger partial charge in [0.2, 0.25) is 0 Å². The van der Waals surface area contributed by atoms with Crippen molar-refractivity contribution in [1.82, 2.24) is 10.2 Å². The molecule has 1 fully saturated rings. The number of terminal acetylenes is 1. The number of β-amino-alcohol motifs (C(OH)–C–C–N with tert-alkyl or cyclic N) is 1. The molecule has 6 heteroatoms. The molecule has 2 atom stereocenters. The Morgan fingerprint density at radius 1 is 1.32 bits per heavy atom. The lowest BCUT2D eigenvalue weighted by molar-refractivity contribution is -0.128. The summed E-state index contributed by atoms with van der Waals surface area (Å²) in [6.45, 7) is 6.21. The van der Waals surface area contributed by atoms with E-state index in [-0.39, 0.29) is 25.0 Å². The summed E-state index contributed by atoms with van der Waals surface area (Å²) < 4.78 is 5.54. The Morgan fingerprint density at radius 2 is 1.96 bits per heavy atom. The molecule has 2 N–H and O–H groups in total. The molecule has 1 heterocycles. The van der Waals surface area contributed by atoms with E-state index in [2.05, 4.69) is 32.0 Å². The minimum atomic E-state index is -0.985. The third kappa shape index (κ3) is 4.74. The van der Waals surface area contributed by atoms with Crippen molar-refractivity contribution in [2.75, 3.05) is 13.2 Å². The van der Waals surface area contributed by atoms with Gasteiger partial charge < -0.3 is 15.2 Å². The Morgan fingerprint density at radius 3 is 2.52 bits per heavy atom. The van der Waals surface area contributed by atoms with Gasteiger partial charge in [0.15, 0.2) is 0 Å². The maximum Gasteiger partial charge on any atom is 0.324 e. The van der Waals surface area contributed by atoms with Crippen molar-refractivity contribution in [2.45, 2.75) is 44.8 Å². The van der Waals surface area contributed by atoms with Gasteiger partial charge in [0, 0.05) is 6.42 Å². The lowest BCUT2D eigenvalue weighted by Crippen LogP contribution is -2.40. The number of nitrogens with one attached hydrogen (secondary N) is 1. The molecule has 3 amide bonds. The van der Waals surface area contributed by atoms with Gasteiger partial charge in [-0.3, -0.25) is 9.69 Å². The van der Waals surface area contributed by atoms with E-state index in [9.17, 15) is 14.7 Å². The van der Waals surface area contributed by atoms with E-state index in [1.165, 1.54) is 5.56 Å². The lowest BCUT2D eigenvalue weighted by Gasteiger charge is -2.20. The van der Waals surface area contributed by atoms with Gasteiger partial charge in [0.1, 0.15) is 24.5 Å². The second-order valence-electron chi connectivity index (χ2n) is 7.10. The second kappa shape index (κ2) is 7.58. The number of rotatable bonds is 6. The van der Waals surface area contributed by atoms with Crippen LogP contribution in [0.25, 0.3) is 0 Å². The fourth-order valence-corrected chi connectivity index (χ4v) is 2.51. The molecule has 0 spiro atoms. The third-order valence-corrected chi connectivity index (χ3v) is 3.99. The van der Waals surface area contributed by atoms with E-state index in [1.807, 2.05) is 24.3 Å². The fraction of sp³-hybridized carbons (Fsp3) is 0.474. The number of benzene rings is 1. The molecule has 134 valence electrons. The molecule has 25 heavy (non-hydrogen) atoms. The average Bonchev–Trinajstić information content (AvgIpc) is 2.80. The Balaban J connectivity index is 1.87. The van der Waals surface area contributed by atoms with Crippen molar-refractivity contribution in [3.05, 3.63) is 29.8 Å². The monoisotopic (exact) mass is 344 g/mol. The van der Waals surface area contributed by atoms with Crippen LogP contribution in [0.4, 0.5) is 4.79 Å². The minimum absolute atomic E-state index is 0.0221. The molecule has 0 unspecified atom stereocenters. The van der Waals surface area contributed by atoms with Crippen LogP contribution < -0.4 is 10.1 Å². The number of imide groups is 1. The molecule has 1 aliphatic rings. The zero-order chi connectivity index (χ0) is 18.6. The number of carbonyl (C=O) groups is 2. The third-order valence-electron chi connectivity index (χ3n) is 3.99. The van der Waals surface area contributed by atoms with Gasteiger partial charge in [-0.25, -0.2) is 4.79 Å². The van der Waals surface area contributed by atoms with Crippen LogP contribution in [0.15, 0.2) is 24.3 Å². The summed E-state index contributed by atoms with van der Waals surface area (Å²) in [5.74, 6) is 2.55. The van der Waals surface area contributed by atoms with Gasteiger partial charge in [-0.15, -0.1) is 12.3 Å². The van der Waals surface area contributed by atoms with Gasteiger partial charge in [-0.2, -0.15) is 0 Å². The normalized spacial score (nSPS) is 18.7. The Labute approximate surface area is 148 Å². The van der Waals surface area contributed by atoms with Crippen molar-refractivity contribution in [2.24, 2.45) is 0 Å². The largest absolute Gasteiger partial charge is 0.491 e. The van der Waals surface area contributed by atoms with E-state index in [0.29, 0.717) is 5.75 Å². The van der Waals surface area contributed by atoms with Gasteiger partial charge in [0.25, 0.3) is 5.91 Å². The highest BCUT2D eigenvalue weighted by Gasteiger charge is 2.38. The van der Waals surface area contributed by atoms with E-state index in [4.69, 9.17) is 11.2 Å². The molecule has 0 radical (unpaired) electrons. The number of hydrogen-bond donors (Lipinski definition) is 2. The molecule has 1 saturated heterocycles. The first kappa shape index (κ1) is 18.8. The first-order chi connectivity index (χ1) is 11.7. The fourth-order valence-electron chi connectivity index (χ4n) is 2.51. The van der Waals surface area contributed by atoms with Gasteiger partial charge in [0.05, 0.1) is 6.54 Å². The highest BCUT2D eigenvalue weighted by Crippen LogP contribution is 2.24. The van der Waals surface area contributed by atoms with Crippen molar-refractivity contribution >= 4 is 11.9 Å². The zero-order valence-electron chi connectivity index (χ0n) is 14.8. The van der Waals surface area contributed by atoms with E-state index < -0.39 is 24.1 Å². The highest BCUT2D eigenvalue weighted by atomic mass is 16.5. The molecular formula is C19H24N2O4. The van der Waals surface area contributed by atoms with E-state index >= 15 is 0 Å². The minimum Gasteiger partial charge on any atom is -0.491 e. The van der Waals surface area contributed by atoms with Crippen LogP contribution in [0.1, 0.15) is 32.8 Å². The van der Waals surface area contributed by atoms with Gasteiger partial charge in [-0.1, -0.05) is 32.9 Å². The number of carbonyl (C=O) groups excluding carboxylic acids is 2. The van der Waals surface area contributed by atoms with Gasteiger partial charge in [-0.05, 0) is 23.1 Å². The summed E-state index contributed by atoms with van der Waals surface area (Å²) in [7, 11) is 0. The first-order valence-electron chi connectivity index (χ1n) is 8.19. The zero-order valence-corrected chi connectivity index (χ0v) is 14.8. The van der Waals surface area contributed by atoms with E-state index in [1.54, 1.807) is 0 Å². The smallest absolute Gasteiger partial charge is 0.324 e. The Kier molecular flexibility index (Phi) is 5.70. The topological polar surface area (TPSA) is 78.9 Å². The van der Waals surface area contributed by atoms with Gasteiger partial charge >= 0.3 is 6.03 Å². The predicted octanol–water partition coefficient (Wildman–Crippen LogP) is 1.67. The first-order valence-corrected chi connectivity index (χ1v) is 8.19. The molecule has 2 rings (SSSR count). The van der Waals surface area contributed by atoms with Crippen LogP contribution >= 0.6 is 0 Å². The Bertz CT molecular complexity index is 670. The molecule has 6 nitrogen and oxygen atoms in total. The molecule has 1 aromatic rings. The maximum absolute atomic E-state index is 12.0. The number of ether oxygens (including phenoxy) is 1. The molecule has 0 saturated carbocycles. The van der Waals surface area contributed by atoms with Crippen molar-refractivity contribution in [3.63, 3.8) is 0 Å². The number of aliphatic hydroxyl groups excluding tert-OH is 1. The van der Waals surface area contributed by atoms with Crippen molar-refractivity contribution in [3.8, 4) is 18.1 Å². The second-order valence-corrected chi connectivity index (χ2v) is 7.10. The summed E-state index contributed by atoms with van der Waals surface area (Å²) >= 11 is 0. The van der Waals surface area contributed by atoms with Crippen LogP contribution in [0.2, 0.25) is 0 Å². The van der Waals surface area contributed by atoms with Crippen molar-refractivity contribution in [1.29, 1.82) is 0 Å². The summed E-state index contributed by atoms with van der Waals surface area (Å²) in [4.78, 5) is 24.8. The number of hydrogen-bond acceptors (Lipinski definition) is 4. The highest BCUT2D eigenvalue weighted by molar-refractivity contribution is 6.04. The van der Waals surface area contributed by atoms with Crippen LogP contribution in [-0.2, 0) is 10.2 Å². The van der Waals surface area contributed by atoms with E-state index in [0.717, 1.165) is 4.90 Å². The lowest BCUT2D eigenvalue weighted by atomic mass is 9.87. The van der Waals surface area contributed by atoms with Crippen LogP contribution in [0.5, 0.6) is 5.75 Å². The number of aliphatic hydroxyl groups is 1. The summed E-state index contributed by atoms with van der Waals surface area (Å²) in [6.07, 6.45) is 4.32. The molecule has 0 aliphatic carbocycles. The Hall–Kier alpha value is -2.52. The number of nitrogens with zero attached hydrogens (tertiary/aromatic N) is 1. The average molecular weight is 344 g/mol. The summed E-state index contributed by atoms with van der Waals surface area (Å²) in [5, 5.41) is 12.6. The summed E-state index contributed by atoms with van der Waals surface area (Å²) in [5.41, 5.74) is 1.23. The standard InChI is InChI=1S/C19H24N2O4/c1-5-6-16-17(23)21(18(24)20-16)11-14(22)12-25-15-9-7-13(8-10-15)19(2,3)4/h1,7-10,14,16,22H,6,11-12H2,2-4H3,(H,20,24)/t14-,16-/m1/s1. The maximum atomic E-state index is 12.0. The molecule has 1 aromatic carbocycles. The predicted molar refractivity (Wildman–Crippen MR) is 94.1 cm³/mol. The molecule has 1 aliphatic heterocycles. The summed E-state index contributed by atoms with van der Waals surface area (Å²) in [6, 6.07) is 6.37. The molecule has 0 aromatic heterocycles. The molecular weight excluding hydrogens is 320 g/mol. The SMILES string of the molecule is C#CC[C@H]1NC(=O)N(C[C@@H](O)COc2ccc(C(C)(C)C)cc2)C1=O. The number of urea groups is 1. The molecule has 0 bridgehead atoms.